The number of hydrogen-bond acceptors (Lipinski definition) is 2. The fourth-order valence-corrected chi connectivity index (χ4v) is 3.64. The van der Waals surface area contributed by atoms with Crippen LogP contribution < -0.4 is 0 Å². The third kappa shape index (κ3) is 0.842. The minimum Gasteiger partial charge on any atom is -0.481 e. The van der Waals surface area contributed by atoms with Crippen LogP contribution in [0.25, 0.3) is 0 Å². The van der Waals surface area contributed by atoms with Crippen molar-refractivity contribution in [3.8, 4) is 0 Å². The Morgan fingerprint density at radius 3 is 2.21 bits per heavy atom. The van der Waals surface area contributed by atoms with Gasteiger partial charge in [0.15, 0.2) is 0 Å². The van der Waals surface area contributed by atoms with Crippen LogP contribution in [0.3, 0.4) is 0 Å². The molecule has 80 valence electrons. The van der Waals surface area contributed by atoms with Gasteiger partial charge in [-0.3, -0.25) is 4.79 Å². The lowest BCUT2D eigenvalue weighted by atomic mass is 9.70. The van der Waals surface area contributed by atoms with Crippen LogP contribution in [-0.4, -0.2) is 22.3 Å². The number of carboxylic acid groups (broad SMARTS) is 1. The second kappa shape index (κ2) is 2.51. The molecule has 0 amide bonds. The number of fused-ring (bicyclic) bond motifs is 2. The van der Waals surface area contributed by atoms with Gasteiger partial charge in [-0.25, -0.2) is 0 Å². The summed E-state index contributed by atoms with van der Waals surface area (Å²) in [5.41, 5.74) is -0.254. The molecule has 3 heteroatoms. The van der Waals surface area contributed by atoms with Crippen LogP contribution in [0, 0.1) is 22.7 Å². The van der Waals surface area contributed by atoms with Crippen LogP contribution in [-0.2, 0) is 4.79 Å². The van der Waals surface area contributed by atoms with Gasteiger partial charge in [0, 0.05) is 0 Å². The van der Waals surface area contributed by atoms with Crippen molar-refractivity contribution in [1.82, 2.24) is 0 Å². The molecule has 0 aromatic carbocycles. The van der Waals surface area contributed by atoms with E-state index < -0.39 is 18.0 Å². The van der Waals surface area contributed by atoms with Crippen molar-refractivity contribution in [3.63, 3.8) is 0 Å². The maximum absolute atomic E-state index is 11.1. The lowest BCUT2D eigenvalue weighted by Crippen LogP contribution is -2.39. The molecule has 2 saturated carbocycles. The fraction of sp³-hybridized carbons (Fsp3) is 0.909. The highest BCUT2D eigenvalue weighted by atomic mass is 16.4. The Morgan fingerprint density at radius 1 is 1.36 bits per heavy atom. The summed E-state index contributed by atoms with van der Waals surface area (Å²) in [5.74, 6) is -1.25. The zero-order chi connectivity index (χ0) is 10.7. The normalized spacial score (nSPS) is 49.6. The number of rotatable bonds is 1. The molecular formula is C11H18O3. The molecule has 2 fully saturated rings. The third-order valence-electron chi connectivity index (χ3n) is 5.09. The van der Waals surface area contributed by atoms with Crippen molar-refractivity contribution < 1.29 is 15.0 Å². The first-order chi connectivity index (χ1) is 6.32. The van der Waals surface area contributed by atoms with E-state index >= 15 is 0 Å². The minimum atomic E-state index is -0.834. The largest absolute Gasteiger partial charge is 0.481 e. The molecule has 2 aliphatic carbocycles. The third-order valence-corrected chi connectivity index (χ3v) is 5.09. The Bertz CT molecular complexity index is 284. The topological polar surface area (TPSA) is 57.5 Å². The first-order valence-electron chi connectivity index (χ1n) is 5.23. The summed E-state index contributed by atoms with van der Waals surface area (Å²) >= 11 is 0. The summed E-state index contributed by atoms with van der Waals surface area (Å²) in [5, 5.41) is 19.2. The summed E-state index contributed by atoms with van der Waals surface area (Å²) in [6.45, 7) is 6.22. The van der Waals surface area contributed by atoms with Crippen LogP contribution in [0.15, 0.2) is 0 Å². The zero-order valence-electron chi connectivity index (χ0n) is 8.95. The smallest absolute Gasteiger partial charge is 0.309 e. The Hall–Kier alpha value is -0.570. The molecule has 2 bridgehead atoms. The highest BCUT2D eigenvalue weighted by Crippen LogP contribution is 2.67. The van der Waals surface area contributed by atoms with Crippen LogP contribution in [0.2, 0.25) is 0 Å². The highest BCUT2D eigenvalue weighted by Gasteiger charge is 2.67. The number of carbonyl (C=O) groups is 1. The lowest BCUT2D eigenvalue weighted by Gasteiger charge is -2.36. The van der Waals surface area contributed by atoms with Crippen LogP contribution in [0.5, 0.6) is 0 Å². The van der Waals surface area contributed by atoms with E-state index in [1.807, 2.05) is 6.92 Å². The molecular weight excluding hydrogens is 180 g/mol. The first kappa shape index (κ1) is 9.97. The first-order valence-corrected chi connectivity index (χ1v) is 5.23. The summed E-state index contributed by atoms with van der Waals surface area (Å²) < 4.78 is 0. The van der Waals surface area contributed by atoms with E-state index in [0.29, 0.717) is 0 Å². The minimum absolute atomic E-state index is 0.0462. The SMILES string of the molecule is CC1(C)[C@H]2CC[C@@]1(C)[C@@H](O)[C@H]2C(=O)O. The number of aliphatic hydroxyl groups is 1. The van der Waals surface area contributed by atoms with E-state index in [0.717, 1.165) is 12.8 Å². The predicted octanol–water partition coefficient (Wildman–Crippen LogP) is 1.50. The molecule has 0 heterocycles. The van der Waals surface area contributed by atoms with Gasteiger partial charge in [0.25, 0.3) is 0 Å². The molecule has 4 atom stereocenters. The van der Waals surface area contributed by atoms with E-state index in [9.17, 15) is 9.90 Å². The van der Waals surface area contributed by atoms with Crippen molar-refractivity contribution in [1.29, 1.82) is 0 Å². The zero-order valence-corrected chi connectivity index (χ0v) is 8.95. The second-order valence-corrected chi connectivity index (χ2v) is 5.59. The van der Waals surface area contributed by atoms with E-state index in [2.05, 4.69) is 13.8 Å². The molecule has 0 spiro atoms. The number of hydrogen-bond donors (Lipinski definition) is 2. The summed E-state index contributed by atoms with van der Waals surface area (Å²) in [4.78, 5) is 11.1. The van der Waals surface area contributed by atoms with Gasteiger partial charge < -0.3 is 10.2 Å². The Balaban J connectivity index is 2.44. The van der Waals surface area contributed by atoms with Gasteiger partial charge in [-0.15, -0.1) is 0 Å². The molecule has 2 N–H and O–H groups in total. The average molecular weight is 198 g/mol. The molecule has 0 aromatic rings. The fourth-order valence-electron chi connectivity index (χ4n) is 3.64. The van der Waals surface area contributed by atoms with Gasteiger partial charge in [-0.1, -0.05) is 20.8 Å². The molecule has 14 heavy (non-hydrogen) atoms. The summed E-state index contributed by atoms with van der Waals surface area (Å²) in [6.07, 6.45) is 1.22. The van der Waals surface area contributed by atoms with Gasteiger partial charge in [0.1, 0.15) is 0 Å². The van der Waals surface area contributed by atoms with E-state index in [1.54, 1.807) is 0 Å². The van der Waals surface area contributed by atoms with Crippen molar-refractivity contribution in [2.75, 3.05) is 0 Å². The Kier molecular flexibility index (Phi) is 1.79. The quantitative estimate of drug-likeness (QED) is 0.671. The Labute approximate surface area is 84.1 Å². The molecule has 2 rings (SSSR count). The monoisotopic (exact) mass is 198 g/mol. The van der Waals surface area contributed by atoms with Gasteiger partial charge in [-0.05, 0) is 29.6 Å². The van der Waals surface area contributed by atoms with Gasteiger partial charge in [-0.2, -0.15) is 0 Å². The van der Waals surface area contributed by atoms with Crippen molar-refractivity contribution in [3.05, 3.63) is 0 Å². The summed E-state index contributed by atoms with van der Waals surface area (Å²) in [7, 11) is 0. The maximum atomic E-state index is 11.1. The predicted molar refractivity (Wildman–Crippen MR) is 51.7 cm³/mol. The van der Waals surface area contributed by atoms with Crippen LogP contribution in [0.4, 0.5) is 0 Å². The van der Waals surface area contributed by atoms with Crippen molar-refractivity contribution in [2.24, 2.45) is 22.7 Å². The standard InChI is InChI=1S/C11H18O3/c1-10(2)6-4-5-11(10,3)8(12)7(6)9(13)14/h6-8,12H,4-5H2,1-3H3,(H,13,14)/t6-,7-,8-,11-/m0/s1. The highest BCUT2D eigenvalue weighted by molar-refractivity contribution is 5.72. The van der Waals surface area contributed by atoms with Crippen LogP contribution >= 0.6 is 0 Å². The van der Waals surface area contributed by atoms with Crippen molar-refractivity contribution >= 4 is 5.97 Å². The second-order valence-electron chi connectivity index (χ2n) is 5.59. The number of aliphatic hydroxyl groups excluding tert-OH is 1. The molecule has 2 aliphatic rings. The van der Waals surface area contributed by atoms with Gasteiger partial charge in [0.05, 0.1) is 12.0 Å². The van der Waals surface area contributed by atoms with Crippen molar-refractivity contribution in [2.45, 2.75) is 39.7 Å². The molecule has 0 unspecified atom stereocenters. The van der Waals surface area contributed by atoms with Crippen LogP contribution in [0.1, 0.15) is 33.6 Å². The Morgan fingerprint density at radius 2 is 1.93 bits per heavy atom. The summed E-state index contributed by atoms with van der Waals surface area (Å²) in [6, 6.07) is 0. The van der Waals surface area contributed by atoms with E-state index in [4.69, 9.17) is 5.11 Å². The molecule has 0 aromatic heterocycles. The lowest BCUT2D eigenvalue weighted by molar-refractivity contribution is -0.149. The van der Waals surface area contributed by atoms with E-state index in [1.165, 1.54) is 0 Å². The number of aliphatic carboxylic acids is 1. The molecule has 0 saturated heterocycles. The molecule has 3 nitrogen and oxygen atoms in total. The maximum Gasteiger partial charge on any atom is 0.309 e. The number of carboxylic acids is 1. The molecule has 0 aliphatic heterocycles. The van der Waals surface area contributed by atoms with E-state index in [-0.39, 0.29) is 16.7 Å². The average Bonchev–Trinajstić information content (AvgIpc) is 2.35. The van der Waals surface area contributed by atoms with Gasteiger partial charge >= 0.3 is 5.97 Å². The molecule has 0 radical (unpaired) electrons. The van der Waals surface area contributed by atoms with Gasteiger partial charge in [0.2, 0.25) is 0 Å².